The molecule has 0 saturated carbocycles. The molecule has 0 aromatic heterocycles. The first kappa shape index (κ1) is 14.4. The normalized spacial score (nSPS) is 22.8. The van der Waals surface area contributed by atoms with E-state index in [2.05, 4.69) is 56.9 Å². The Morgan fingerprint density at radius 1 is 1.26 bits per heavy atom. The molecule has 1 saturated heterocycles. The molecule has 2 heteroatoms. The van der Waals surface area contributed by atoms with Crippen LogP contribution in [0.3, 0.4) is 0 Å². The molecule has 0 spiro atoms. The third kappa shape index (κ3) is 3.11. The molecular weight excluding hydrogens is 232 g/mol. The highest BCUT2D eigenvalue weighted by molar-refractivity contribution is 5.48. The van der Waals surface area contributed by atoms with E-state index in [4.69, 9.17) is 5.73 Å². The van der Waals surface area contributed by atoms with E-state index in [1.54, 1.807) is 0 Å². The van der Waals surface area contributed by atoms with Gasteiger partial charge in [-0.25, -0.2) is 0 Å². The van der Waals surface area contributed by atoms with Gasteiger partial charge in [0.15, 0.2) is 0 Å². The van der Waals surface area contributed by atoms with E-state index in [0.29, 0.717) is 17.3 Å². The van der Waals surface area contributed by atoms with Crippen LogP contribution >= 0.6 is 0 Å². The number of rotatable bonds is 3. The number of hydrogen-bond donors (Lipinski definition) is 1. The molecule has 1 aromatic carbocycles. The van der Waals surface area contributed by atoms with Gasteiger partial charge in [0, 0.05) is 18.8 Å². The Balaban J connectivity index is 2.11. The van der Waals surface area contributed by atoms with Gasteiger partial charge in [0.1, 0.15) is 0 Å². The fraction of sp³-hybridized carbons (Fsp3) is 0.647. The van der Waals surface area contributed by atoms with Crippen LogP contribution < -0.4 is 10.6 Å². The molecule has 1 aliphatic rings. The van der Waals surface area contributed by atoms with E-state index in [0.717, 1.165) is 19.6 Å². The fourth-order valence-corrected chi connectivity index (χ4v) is 3.13. The monoisotopic (exact) mass is 260 g/mol. The minimum atomic E-state index is 0.309. The van der Waals surface area contributed by atoms with Crippen molar-refractivity contribution in [2.75, 3.05) is 24.5 Å². The van der Waals surface area contributed by atoms with Gasteiger partial charge in [-0.05, 0) is 47.9 Å². The molecule has 2 nitrogen and oxygen atoms in total. The van der Waals surface area contributed by atoms with Crippen LogP contribution in [0.4, 0.5) is 5.69 Å². The van der Waals surface area contributed by atoms with Crippen molar-refractivity contribution in [1.82, 2.24) is 0 Å². The summed E-state index contributed by atoms with van der Waals surface area (Å²) in [5.74, 6) is 1.26. The quantitative estimate of drug-likeness (QED) is 0.899. The van der Waals surface area contributed by atoms with Gasteiger partial charge in [-0.2, -0.15) is 0 Å². The highest BCUT2D eigenvalue weighted by atomic mass is 15.1. The molecule has 2 rings (SSSR count). The second kappa shape index (κ2) is 5.54. The summed E-state index contributed by atoms with van der Waals surface area (Å²) in [5, 5.41) is 0. The van der Waals surface area contributed by atoms with Crippen molar-refractivity contribution in [3.63, 3.8) is 0 Å². The Hall–Kier alpha value is -1.02. The summed E-state index contributed by atoms with van der Waals surface area (Å²) in [5.41, 5.74) is 8.98. The van der Waals surface area contributed by atoms with Gasteiger partial charge >= 0.3 is 0 Å². The van der Waals surface area contributed by atoms with E-state index in [1.165, 1.54) is 17.7 Å². The lowest BCUT2D eigenvalue weighted by Gasteiger charge is -2.45. The standard InChI is InChI=1S/C17H28N2/c1-13(2)14-5-7-16(8-6-14)19-10-9-15(11-18)17(3,4)12-19/h5-8,13,15H,9-12,18H2,1-4H3. The zero-order valence-corrected chi connectivity index (χ0v) is 12.8. The minimum Gasteiger partial charge on any atom is -0.371 e. The number of nitrogens with zero attached hydrogens (tertiary/aromatic N) is 1. The van der Waals surface area contributed by atoms with Crippen molar-refractivity contribution < 1.29 is 0 Å². The van der Waals surface area contributed by atoms with Crippen LogP contribution in [0, 0.1) is 11.3 Å². The summed E-state index contributed by atoms with van der Waals surface area (Å²) in [6.07, 6.45) is 1.20. The van der Waals surface area contributed by atoms with Crippen molar-refractivity contribution in [1.29, 1.82) is 0 Å². The summed E-state index contributed by atoms with van der Waals surface area (Å²) in [4.78, 5) is 2.51. The number of benzene rings is 1. The number of anilines is 1. The summed E-state index contributed by atoms with van der Waals surface area (Å²) in [6.45, 7) is 12.2. The second-order valence-corrected chi connectivity index (χ2v) is 6.88. The molecule has 106 valence electrons. The maximum Gasteiger partial charge on any atom is 0.0366 e. The molecule has 0 aliphatic carbocycles. The first-order chi connectivity index (χ1) is 8.94. The largest absolute Gasteiger partial charge is 0.371 e. The van der Waals surface area contributed by atoms with Gasteiger partial charge < -0.3 is 10.6 Å². The summed E-state index contributed by atoms with van der Waals surface area (Å²) < 4.78 is 0. The maximum atomic E-state index is 5.90. The van der Waals surface area contributed by atoms with Crippen molar-refractivity contribution in [2.45, 2.75) is 40.0 Å². The van der Waals surface area contributed by atoms with E-state index < -0.39 is 0 Å². The highest BCUT2D eigenvalue weighted by Gasteiger charge is 2.34. The minimum absolute atomic E-state index is 0.309. The molecule has 0 bridgehead atoms. The van der Waals surface area contributed by atoms with E-state index in [9.17, 15) is 0 Å². The topological polar surface area (TPSA) is 29.3 Å². The van der Waals surface area contributed by atoms with Gasteiger partial charge in [0.05, 0.1) is 0 Å². The van der Waals surface area contributed by atoms with Gasteiger partial charge in [-0.15, -0.1) is 0 Å². The summed E-state index contributed by atoms with van der Waals surface area (Å²) in [7, 11) is 0. The Morgan fingerprint density at radius 2 is 1.89 bits per heavy atom. The third-order valence-corrected chi connectivity index (χ3v) is 4.66. The molecule has 0 amide bonds. The average molecular weight is 260 g/mol. The Bertz CT molecular complexity index is 406. The van der Waals surface area contributed by atoms with Crippen LogP contribution in [0.5, 0.6) is 0 Å². The predicted octanol–water partition coefficient (Wildman–Crippen LogP) is 3.62. The second-order valence-electron chi connectivity index (χ2n) is 6.88. The molecule has 1 atom stereocenters. The van der Waals surface area contributed by atoms with E-state index in [1.807, 2.05) is 0 Å². The number of nitrogens with two attached hydrogens (primary N) is 1. The van der Waals surface area contributed by atoms with Crippen molar-refractivity contribution >= 4 is 5.69 Å². The third-order valence-electron chi connectivity index (χ3n) is 4.66. The molecule has 1 aromatic rings. The highest BCUT2D eigenvalue weighted by Crippen LogP contribution is 2.36. The smallest absolute Gasteiger partial charge is 0.0366 e. The maximum absolute atomic E-state index is 5.90. The van der Waals surface area contributed by atoms with Crippen molar-refractivity contribution in [3.8, 4) is 0 Å². The predicted molar refractivity (Wildman–Crippen MR) is 83.7 cm³/mol. The molecule has 2 N–H and O–H groups in total. The first-order valence-electron chi connectivity index (χ1n) is 7.49. The fourth-order valence-electron chi connectivity index (χ4n) is 3.13. The Morgan fingerprint density at radius 3 is 2.37 bits per heavy atom. The Labute approximate surface area is 118 Å². The van der Waals surface area contributed by atoms with Gasteiger partial charge in [0.25, 0.3) is 0 Å². The van der Waals surface area contributed by atoms with Crippen LogP contribution in [-0.2, 0) is 0 Å². The molecule has 1 unspecified atom stereocenters. The van der Waals surface area contributed by atoms with Gasteiger partial charge in [0.2, 0.25) is 0 Å². The van der Waals surface area contributed by atoms with E-state index in [-0.39, 0.29) is 0 Å². The van der Waals surface area contributed by atoms with E-state index >= 15 is 0 Å². The molecule has 19 heavy (non-hydrogen) atoms. The van der Waals surface area contributed by atoms with Gasteiger partial charge in [-0.1, -0.05) is 39.8 Å². The molecule has 0 radical (unpaired) electrons. The zero-order valence-electron chi connectivity index (χ0n) is 12.8. The van der Waals surface area contributed by atoms with Crippen LogP contribution in [0.15, 0.2) is 24.3 Å². The van der Waals surface area contributed by atoms with Crippen molar-refractivity contribution in [2.24, 2.45) is 17.1 Å². The van der Waals surface area contributed by atoms with Crippen LogP contribution in [-0.4, -0.2) is 19.6 Å². The van der Waals surface area contributed by atoms with Crippen molar-refractivity contribution in [3.05, 3.63) is 29.8 Å². The van der Waals surface area contributed by atoms with Crippen LogP contribution in [0.2, 0.25) is 0 Å². The van der Waals surface area contributed by atoms with Crippen LogP contribution in [0.1, 0.15) is 45.6 Å². The lowest BCUT2D eigenvalue weighted by molar-refractivity contribution is 0.182. The average Bonchev–Trinajstić information content (AvgIpc) is 2.37. The first-order valence-corrected chi connectivity index (χ1v) is 7.49. The lowest BCUT2D eigenvalue weighted by Crippen LogP contribution is -2.48. The number of piperidine rings is 1. The number of hydrogen-bond acceptors (Lipinski definition) is 2. The Kier molecular flexibility index (Phi) is 4.19. The lowest BCUT2D eigenvalue weighted by atomic mass is 9.74. The zero-order chi connectivity index (χ0) is 14.0. The summed E-state index contributed by atoms with van der Waals surface area (Å²) in [6, 6.07) is 9.08. The molecule has 1 aliphatic heterocycles. The molecular formula is C17H28N2. The molecule has 1 fully saturated rings. The summed E-state index contributed by atoms with van der Waals surface area (Å²) >= 11 is 0. The SMILES string of the molecule is CC(C)c1ccc(N2CCC(CN)C(C)(C)C2)cc1. The molecule has 1 heterocycles. The van der Waals surface area contributed by atoms with Crippen LogP contribution in [0.25, 0.3) is 0 Å². The van der Waals surface area contributed by atoms with Gasteiger partial charge in [-0.3, -0.25) is 0 Å².